The first kappa shape index (κ1) is 24.0. The van der Waals surface area contributed by atoms with Crippen molar-refractivity contribution in [2.24, 2.45) is 0 Å². The second-order valence-electron chi connectivity index (χ2n) is 7.81. The molecule has 0 aliphatic heterocycles. The minimum Gasteiger partial charge on any atom is -0.325 e. The number of anilines is 1. The Bertz CT molecular complexity index is 1370. The topological polar surface area (TPSA) is 76.9 Å². The number of pyridine rings is 1. The number of carbonyl (C=O) groups excluding carboxylic acids is 1. The van der Waals surface area contributed by atoms with Crippen LogP contribution >= 0.6 is 23.4 Å². The van der Waals surface area contributed by atoms with Crippen LogP contribution in [0.2, 0.25) is 5.02 Å². The third-order valence-corrected chi connectivity index (χ3v) is 7.24. The molecule has 0 aliphatic carbocycles. The van der Waals surface area contributed by atoms with Crippen molar-refractivity contribution in [3.05, 3.63) is 93.4 Å². The maximum absolute atomic E-state index is 13.4. The van der Waals surface area contributed by atoms with Crippen LogP contribution in [0.5, 0.6) is 0 Å². The van der Waals surface area contributed by atoms with Crippen LogP contribution in [0.3, 0.4) is 0 Å². The molecular formula is C26H25ClN4O2S. The van der Waals surface area contributed by atoms with Gasteiger partial charge in [0, 0.05) is 16.9 Å². The quantitative estimate of drug-likeness (QED) is 0.257. The summed E-state index contributed by atoms with van der Waals surface area (Å²) < 4.78 is 1.57. The van der Waals surface area contributed by atoms with Gasteiger partial charge in [-0.2, -0.15) is 0 Å². The Morgan fingerprint density at radius 2 is 1.85 bits per heavy atom. The van der Waals surface area contributed by atoms with Crippen LogP contribution in [0.15, 0.2) is 76.8 Å². The molecule has 4 aromatic rings. The van der Waals surface area contributed by atoms with Gasteiger partial charge in [0.25, 0.3) is 5.56 Å². The van der Waals surface area contributed by atoms with Crippen LogP contribution < -0.4 is 10.9 Å². The van der Waals surface area contributed by atoms with Crippen LogP contribution in [0.25, 0.3) is 11.0 Å². The molecule has 1 unspecified atom stereocenters. The van der Waals surface area contributed by atoms with E-state index in [2.05, 4.69) is 22.2 Å². The molecule has 2 heterocycles. The van der Waals surface area contributed by atoms with E-state index in [4.69, 9.17) is 11.6 Å². The Morgan fingerprint density at radius 1 is 1.09 bits per heavy atom. The van der Waals surface area contributed by atoms with E-state index in [1.165, 1.54) is 17.3 Å². The van der Waals surface area contributed by atoms with Gasteiger partial charge in [-0.05, 0) is 54.3 Å². The Morgan fingerprint density at radius 3 is 2.56 bits per heavy atom. The summed E-state index contributed by atoms with van der Waals surface area (Å²) in [6.07, 6.45) is 3.10. The third kappa shape index (κ3) is 5.32. The van der Waals surface area contributed by atoms with E-state index in [0.717, 1.165) is 17.7 Å². The maximum atomic E-state index is 13.4. The number of thioether (sulfide) groups is 1. The number of nitrogens with one attached hydrogen (secondary N) is 1. The number of amides is 1. The van der Waals surface area contributed by atoms with Gasteiger partial charge in [0.15, 0.2) is 10.8 Å². The lowest BCUT2D eigenvalue weighted by atomic mass is 10.1. The molecule has 0 bridgehead atoms. The highest BCUT2D eigenvalue weighted by molar-refractivity contribution is 8.00. The summed E-state index contributed by atoms with van der Waals surface area (Å²) in [5.41, 5.74) is 2.88. The van der Waals surface area contributed by atoms with Gasteiger partial charge in [-0.1, -0.05) is 67.5 Å². The van der Waals surface area contributed by atoms with E-state index in [1.807, 2.05) is 49.4 Å². The molecule has 0 spiro atoms. The molecule has 1 amide bonds. The number of nitrogens with zero attached hydrogens (tertiary/aromatic N) is 3. The Hall–Kier alpha value is -3.16. The monoisotopic (exact) mass is 492 g/mol. The molecule has 8 heteroatoms. The number of fused-ring (bicyclic) bond motifs is 1. The Labute approximate surface area is 207 Å². The SMILES string of the molecule is CCc1ccc(NC(=O)C(CC)Sc2nc3ncccc3c(=O)n2Cc2ccccc2Cl)cc1. The summed E-state index contributed by atoms with van der Waals surface area (Å²) in [6, 6.07) is 18.6. The van der Waals surface area contributed by atoms with Crippen molar-refractivity contribution in [3.63, 3.8) is 0 Å². The fourth-order valence-corrected chi connectivity index (χ4v) is 4.76. The van der Waals surface area contributed by atoms with Gasteiger partial charge < -0.3 is 5.32 Å². The second-order valence-corrected chi connectivity index (χ2v) is 9.38. The van der Waals surface area contributed by atoms with Crippen LogP contribution in [-0.2, 0) is 17.8 Å². The Kier molecular flexibility index (Phi) is 7.65. The molecule has 2 aromatic heterocycles. The van der Waals surface area contributed by atoms with Crippen molar-refractivity contribution in [1.29, 1.82) is 0 Å². The molecule has 0 radical (unpaired) electrons. The molecule has 174 valence electrons. The zero-order chi connectivity index (χ0) is 24.1. The van der Waals surface area contributed by atoms with E-state index in [9.17, 15) is 9.59 Å². The van der Waals surface area contributed by atoms with Crippen molar-refractivity contribution >= 4 is 46.0 Å². The number of hydrogen-bond acceptors (Lipinski definition) is 5. The second kappa shape index (κ2) is 10.8. The Balaban J connectivity index is 1.67. The number of carbonyl (C=O) groups is 1. The average molecular weight is 493 g/mol. The summed E-state index contributed by atoms with van der Waals surface area (Å²) in [4.78, 5) is 35.4. The summed E-state index contributed by atoms with van der Waals surface area (Å²) in [7, 11) is 0. The third-order valence-electron chi connectivity index (χ3n) is 5.52. The van der Waals surface area contributed by atoms with E-state index in [0.29, 0.717) is 27.6 Å². The molecule has 0 saturated carbocycles. The standard InChI is InChI=1S/C26H25ClN4O2S/c1-3-17-11-13-19(14-12-17)29-24(32)22(4-2)34-26-30-23-20(9-7-15-28-23)25(33)31(26)16-18-8-5-6-10-21(18)27/h5-15,22H,3-4,16H2,1-2H3,(H,29,32). The zero-order valence-corrected chi connectivity index (χ0v) is 20.6. The lowest BCUT2D eigenvalue weighted by Gasteiger charge is -2.18. The van der Waals surface area contributed by atoms with Gasteiger partial charge >= 0.3 is 0 Å². The minimum atomic E-state index is -0.448. The highest BCUT2D eigenvalue weighted by Gasteiger charge is 2.23. The summed E-state index contributed by atoms with van der Waals surface area (Å²) in [6.45, 7) is 4.27. The molecular weight excluding hydrogens is 468 g/mol. The summed E-state index contributed by atoms with van der Waals surface area (Å²) in [5.74, 6) is -0.142. The van der Waals surface area contributed by atoms with Crippen LogP contribution in [-0.4, -0.2) is 25.7 Å². The van der Waals surface area contributed by atoms with Crippen molar-refractivity contribution in [2.75, 3.05) is 5.32 Å². The van der Waals surface area contributed by atoms with Gasteiger partial charge in [-0.25, -0.2) is 9.97 Å². The van der Waals surface area contributed by atoms with Gasteiger partial charge in [-0.3, -0.25) is 14.2 Å². The predicted molar refractivity (Wildman–Crippen MR) is 139 cm³/mol. The first-order valence-electron chi connectivity index (χ1n) is 11.2. The lowest BCUT2D eigenvalue weighted by molar-refractivity contribution is -0.115. The number of rotatable bonds is 8. The summed E-state index contributed by atoms with van der Waals surface area (Å²) >= 11 is 7.63. The van der Waals surface area contributed by atoms with Crippen molar-refractivity contribution < 1.29 is 4.79 Å². The number of benzene rings is 2. The molecule has 6 nitrogen and oxygen atoms in total. The van der Waals surface area contributed by atoms with Crippen molar-refractivity contribution in [3.8, 4) is 0 Å². The molecule has 0 aliphatic rings. The van der Waals surface area contributed by atoms with E-state index in [-0.39, 0.29) is 18.0 Å². The first-order chi connectivity index (χ1) is 16.5. The molecule has 34 heavy (non-hydrogen) atoms. The van der Waals surface area contributed by atoms with Crippen molar-refractivity contribution in [2.45, 2.75) is 43.6 Å². The zero-order valence-electron chi connectivity index (χ0n) is 19.0. The average Bonchev–Trinajstić information content (AvgIpc) is 2.86. The normalized spacial score (nSPS) is 12.0. The smallest absolute Gasteiger partial charge is 0.263 e. The highest BCUT2D eigenvalue weighted by atomic mass is 35.5. The molecule has 4 rings (SSSR count). The number of aromatic nitrogens is 3. The van der Waals surface area contributed by atoms with Crippen LogP contribution in [0, 0.1) is 0 Å². The number of halogens is 1. The molecule has 1 N–H and O–H groups in total. The van der Waals surface area contributed by atoms with E-state index >= 15 is 0 Å². The molecule has 2 aromatic carbocycles. The van der Waals surface area contributed by atoms with Gasteiger partial charge in [0.1, 0.15) is 0 Å². The first-order valence-corrected chi connectivity index (χ1v) is 12.4. The molecule has 1 atom stereocenters. The lowest BCUT2D eigenvalue weighted by Crippen LogP contribution is -2.28. The van der Waals surface area contributed by atoms with Gasteiger partial charge in [0.2, 0.25) is 5.91 Å². The summed E-state index contributed by atoms with van der Waals surface area (Å²) in [5, 5.41) is 3.96. The maximum Gasteiger partial charge on any atom is 0.263 e. The van der Waals surface area contributed by atoms with Gasteiger partial charge in [-0.15, -0.1) is 0 Å². The van der Waals surface area contributed by atoms with E-state index in [1.54, 1.807) is 29.0 Å². The number of hydrogen-bond donors (Lipinski definition) is 1. The minimum absolute atomic E-state index is 0.142. The largest absolute Gasteiger partial charge is 0.325 e. The van der Waals surface area contributed by atoms with Crippen LogP contribution in [0.4, 0.5) is 5.69 Å². The predicted octanol–water partition coefficient (Wildman–Crippen LogP) is 5.57. The van der Waals surface area contributed by atoms with E-state index < -0.39 is 5.25 Å². The molecule has 0 saturated heterocycles. The molecule has 0 fully saturated rings. The number of aryl methyl sites for hydroxylation is 1. The fourth-order valence-electron chi connectivity index (χ4n) is 3.56. The van der Waals surface area contributed by atoms with Crippen molar-refractivity contribution in [1.82, 2.24) is 14.5 Å². The highest BCUT2D eigenvalue weighted by Crippen LogP contribution is 2.27. The van der Waals surface area contributed by atoms with Crippen LogP contribution in [0.1, 0.15) is 31.4 Å². The van der Waals surface area contributed by atoms with Gasteiger partial charge in [0.05, 0.1) is 17.2 Å². The fraction of sp³-hybridized carbons (Fsp3) is 0.231.